The molecule has 15 heavy (non-hydrogen) atoms. The Morgan fingerprint density at radius 1 is 1.00 bits per heavy atom. The van der Waals surface area contributed by atoms with E-state index in [1.165, 1.54) is 19.3 Å². The molecule has 2 aliphatic rings. The maximum Gasteiger partial charge on any atom is 0.461 e. The average Bonchev–Trinajstić information content (AvgIpc) is 2.56. The van der Waals surface area contributed by atoms with E-state index in [1.54, 1.807) is 0 Å². The standard InChI is InChI=1S/C12H23BO2/c1-9-6-7-10(8-9)13-14-11(2,3)12(4,5)15-13/h9-10H,6-8H2,1-5H3. The van der Waals surface area contributed by atoms with Crippen LogP contribution in [0.4, 0.5) is 0 Å². The van der Waals surface area contributed by atoms with E-state index in [2.05, 4.69) is 34.6 Å². The molecule has 0 aromatic carbocycles. The van der Waals surface area contributed by atoms with Crippen LogP contribution >= 0.6 is 0 Å². The van der Waals surface area contributed by atoms with Gasteiger partial charge in [0.05, 0.1) is 11.2 Å². The third-order valence-electron chi connectivity index (χ3n) is 4.39. The summed E-state index contributed by atoms with van der Waals surface area (Å²) < 4.78 is 12.1. The van der Waals surface area contributed by atoms with Crippen LogP contribution < -0.4 is 0 Å². The summed E-state index contributed by atoms with van der Waals surface area (Å²) in [5, 5.41) is 0. The lowest BCUT2D eigenvalue weighted by atomic mass is 9.70. The van der Waals surface area contributed by atoms with Crippen LogP contribution in [0.2, 0.25) is 5.82 Å². The molecule has 1 aliphatic carbocycles. The first-order valence-corrected chi connectivity index (χ1v) is 6.17. The maximum atomic E-state index is 6.07. The molecule has 2 rings (SSSR count). The molecule has 0 bridgehead atoms. The van der Waals surface area contributed by atoms with E-state index < -0.39 is 0 Å². The van der Waals surface area contributed by atoms with E-state index in [9.17, 15) is 0 Å². The summed E-state index contributed by atoms with van der Waals surface area (Å²) in [6.07, 6.45) is 3.85. The van der Waals surface area contributed by atoms with Gasteiger partial charge in [-0.3, -0.25) is 0 Å². The van der Waals surface area contributed by atoms with Crippen LogP contribution in [-0.4, -0.2) is 18.3 Å². The molecule has 2 unspecified atom stereocenters. The monoisotopic (exact) mass is 210 g/mol. The summed E-state index contributed by atoms with van der Waals surface area (Å²) >= 11 is 0. The first-order chi connectivity index (χ1) is 6.82. The zero-order valence-corrected chi connectivity index (χ0v) is 10.7. The largest absolute Gasteiger partial charge is 0.461 e. The molecule has 0 radical (unpaired) electrons. The Labute approximate surface area is 93.9 Å². The normalized spacial score (nSPS) is 38.6. The second kappa shape index (κ2) is 3.49. The molecule has 3 heteroatoms. The van der Waals surface area contributed by atoms with E-state index in [-0.39, 0.29) is 18.3 Å². The van der Waals surface area contributed by atoms with Gasteiger partial charge >= 0.3 is 7.12 Å². The molecule has 2 atom stereocenters. The minimum atomic E-state index is -0.163. The van der Waals surface area contributed by atoms with Gasteiger partial charge in [-0.25, -0.2) is 0 Å². The van der Waals surface area contributed by atoms with Crippen molar-refractivity contribution in [1.29, 1.82) is 0 Å². The molecule has 0 aromatic heterocycles. The average molecular weight is 210 g/mol. The molecule has 2 fully saturated rings. The minimum absolute atomic E-state index is 0.0277. The number of hydrogen-bond donors (Lipinski definition) is 0. The second-order valence-electron chi connectivity index (χ2n) is 6.30. The highest BCUT2D eigenvalue weighted by atomic mass is 16.7. The summed E-state index contributed by atoms with van der Waals surface area (Å²) in [4.78, 5) is 0. The van der Waals surface area contributed by atoms with Gasteiger partial charge in [-0.2, -0.15) is 0 Å². The SMILES string of the molecule is CC1CCC(B2OC(C)(C)C(C)(C)O2)C1. The molecule has 86 valence electrons. The Kier molecular flexibility index (Phi) is 2.67. The van der Waals surface area contributed by atoms with Gasteiger partial charge in [-0.15, -0.1) is 0 Å². The predicted octanol–water partition coefficient (Wildman–Crippen LogP) is 3.27. The summed E-state index contributed by atoms with van der Waals surface area (Å²) in [7, 11) is 0.0277. The molecule has 1 saturated carbocycles. The van der Waals surface area contributed by atoms with Crippen molar-refractivity contribution in [2.75, 3.05) is 0 Å². The van der Waals surface area contributed by atoms with E-state index in [0.29, 0.717) is 5.82 Å². The maximum absolute atomic E-state index is 6.07. The fraction of sp³-hybridized carbons (Fsp3) is 1.00. The van der Waals surface area contributed by atoms with Gasteiger partial charge in [0.2, 0.25) is 0 Å². The van der Waals surface area contributed by atoms with Crippen LogP contribution in [0.5, 0.6) is 0 Å². The molecule has 1 aliphatic heterocycles. The Bertz CT molecular complexity index is 234. The van der Waals surface area contributed by atoms with Crippen molar-refractivity contribution in [2.45, 2.75) is 70.9 Å². The quantitative estimate of drug-likeness (QED) is 0.618. The van der Waals surface area contributed by atoms with Gasteiger partial charge < -0.3 is 9.31 Å². The summed E-state index contributed by atoms with van der Waals surface area (Å²) in [5.74, 6) is 1.45. The van der Waals surface area contributed by atoms with E-state index in [1.807, 2.05) is 0 Å². The van der Waals surface area contributed by atoms with Crippen molar-refractivity contribution < 1.29 is 9.31 Å². The van der Waals surface area contributed by atoms with Gasteiger partial charge in [0, 0.05) is 0 Å². The van der Waals surface area contributed by atoms with Gasteiger partial charge in [-0.05, 0) is 45.9 Å². The van der Waals surface area contributed by atoms with Crippen LogP contribution in [0.3, 0.4) is 0 Å². The fourth-order valence-corrected chi connectivity index (χ4v) is 2.58. The zero-order chi connectivity index (χ0) is 11.3. The highest BCUT2D eigenvalue weighted by molar-refractivity contribution is 6.47. The van der Waals surface area contributed by atoms with Gasteiger partial charge in [0.1, 0.15) is 0 Å². The predicted molar refractivity (Wildman–Crippen MR) is 62.8 cm³/mol. The lowest BCUT2D eigenvalue weighted by Gasteiger charge is -2.32. The van der Waals surface area contributed by atoms with Crippen LogP contribution in [0.1, 0.15) is 53.9 Å². The number of rotatable bonds is 1. The fourth-order valence-electron chi connectivity index (χ4n) is 2.58. The van der Waals surface area contributed by atoms with Gasteiger partial charge in [-0.1, -0.05) is 19.8 Å². The van der Waals surface area contributed by atoms with E-state index in [4.69, 9.17) is 9.31 Å². The van der Waals surface area contributed by atoms with Crippen LogP contribution in [0, 0.1) is 5.92 Å². The van der Waals surface area contributed by atoms with Crippen molar-refractivity contribution >= 4 is 7.12 Å². The van der Waals surface area contributed by atoms with Crippen molar-refractivity contribution in [1.82, 2.24) is 0 Å². The zero-order valence-electron chi connectivity index (χ0n) is 10.7. The molecule has 2 nitrogen and oxygen atoms in total. The molecular weight excluding hydrogens is 187 g/mol. The van der Waals surface area contributed by atoms with E-state index in [0.717, 1.165) is 5.92 Å². The summed E-state index contributed by atoms with van der Waals surface area (Å²) in [6, 6.07) is 0. The molecular formula is C12H23BO2. The summed E-state index contributed by atoms with van der Waals surface area (Å²) in [5.41, 5.74) is -0.326. The molecule has 0 aromatic rings. The smallest absolute Gasteiger partial charge is 0.403 e. The van der Waals surface area contributed by atoms with Crippen molar-refractivity contribution in [3.63, 3.8) is 0 Å². The lowest BCUT2D eigenvalue weighted by molar-refractivity contribution is 0.00578. The number of hydrogen-bond acceptors (Lipinski definition) is 2. The third kappa shape index (κ3) is 1.96. The van der Waals surface area contributed by atoms with Gasteiger partial charge in [0.25, 0.3) is 0 Å². The Balaban J connectivity index is 2.03. The Hall–Kier alpha value is -0.0151. The molecule has 0 spiro atoms. The van der Waals surface area contributed by atoms with Crippen molar-refractivity contribution in [3.8, 4) is 0 Å². The van der Waals surface area contributed by atoms with Gasteiger partial charge in [0.15, 0.2) is 0 Å². The first-order valence-electron chi connectivity index (χ1n) is 6.17. The first kappa shape index (κ1) is 11.5. The van der Waals surface area contributed by atoms with Crippen molar-refractivity contribution in [2.24, 2.45) is 5.92 Å². The van der Waals surface area contributed by atoms with Crippen LogP contribution in [0.15, 0.2) is 0 Å². The molecule has 1 saturated heterocycles. The molecule has 0 amide bonds. The Morgan fingerprint density at radius 3 is 1.93 bits per heavy atom. The topological polar surface area (TPSA) is 18.5 Å². The summed E-state index contributed by atoms with van der Waals surface area (Å²) in [6.45, 7) is 10.8. The van der Waals surface area contributed by atoms with E-state index >= 15 is 0 Å². The highest BCUT2D eigenvalue weighted by Crippen LogP contribution is 2.45. The molecule has 1 heterocycles. The van der Waals surface area contributed by atoms with Crippen LogP contribution in [-0.2, 0) is 9.31 Å². The van der Waals surface area contributed by atoms with Crippen molar-refractivity contribution in [3.05, 3.63) is 0 Å². The second-order valence-corrected chi connectivity index (χ2v) is 6.30. The minimum Gasteiger partial charge on any atom is -0.403 e. The third-order valence-corrected chi connectivity index (χ3v) is 4.39. The highest BCUT2D eigenvalue weighted by Gasteiger charge is 2.54. The lowest BCUT2D eigenvalue weighted by Crippen LogP contribution is -2.41. The Morgan fingerprint density at radius 2 is 1.53 bits per heavy atom. The molecule has 0 N–H and O–H groups in total. The van der Waals surface area contributed by atoms with Crippen LogP contribution in [0.25, 0.3) is 0 Å².